The Hall–Kier alpha value is -4.84. The minimum absolute atomic E-state index is 0.0725. The molecule has 5 rings (SSSR count). The number of rotatable bonds is 8. The monoisotopic (exact) mass is 551 g/mol. The van der Waals surface area contributed by atoms with Gasteiger partial charge in [0.25, 0.3) is 5.91 Å². The molecule has 0 spiro atoms. The van der Waals surface area contributed by atoms with Crippen LogP contribution in [-0.2, 0) is 9.53 Å². The number of aromatic nitrogens is 2. The largest absolute Gasteiger partial charge is 0.466 e. The number of para-hydroxylation sites is 1. The SMILES string of the molecule is CCOC(=O)CC1CCCN(C(=O)c2cn3ncc(C#N)c(Nc4ccc(Oc5ccccc5)cc4)c3c2C)CC1. The molecule has 1 aliphatic heterocycles. The summed E-state index contributed by atoms with van der Waals surface area (Å²) in [6, 6.07) is 19.2. The number of fused-ring (bicyclic) bond motifs is 1. The Kier molecular flexibility index (Phi) is 8.49. The van der Waals surface area contributed by atoms with Crippen molar-refractivity contribution in [3.8, 4) is 17.6 Å². The molecule has 0 bridgehead atoms. The predicted octanol–water partition coefficient (Wildman–Crippen LogP) is 6.25. The van der Waals surface area contributed by atoms with E-state index in [1.165, 1.54) is 6.20 Å². The summed E-state index contributed by atoms with van der Waals surface area (Å²) >= 11 is 0. The van der Waals surface area contributed by atoms with Gasteiger partial charge in [0.15, 0.2) is 0 Å². The Bertz CT molecular complexity index is 1570. The molecule has 9 nitrogen and oxygen atoms in total. The highest BCUT2D eigenvalue weighted by molar-refractivity contribution is 6.00. The Labute approximate surface area is 239 Å². The third kappa shape index (κ3) is 6.33. The standard InChI is InChI=1S/C32H33N5O4/c1-3-40-29(38)18-23-8-7-16-36(17-15-23)32(39)28-21-37-31(22(28)2)30(24(19-33)20-34-37)35-25-11-13-27(14-12-25)41-26-9-5-4-6-10-26/h4-6,9-14,20-21,23,35H,3,7-8,15-18H2,1-2H3. The zero-order chi connectivity index (χ0) is 28.8. The third-order valence-electron chi connectivity index (χ3n) is 7.41. The summed E-state index contributed by atoms with van der Waals surface area (Å²) in [4.78, 5) is 27.5. The minimum atomic E-state index is -0.176. The van der Waals surface area contributed by atoms with Crippen molar-refractivity contribution in [1.29, 1.82) is 5.26 Å². The third-order valence-corrected chi connectivity index (χ3v) is 7.41. The summed E-state index contributed by atoms with van der Waals surface area (Å²) in [6.45, 7) is 5.28. The molecule has 41 heavy (non-hydrogen) atoms. The number of carbonyl (C=O) groups is 2. The first kappa shape index (κ1) is 27.7. The van der Waals surface area contributed by atoms with Gasteiger partial charge in [-0.1, -0.05) is 18.2 Å². The second kappa shape index (κ2) is 12.6. The molecule has 9 heteroatoms. The van der Waals surface area contributed by atoms with Crippen molar-refractivity contribution in [3.63, 3.8) is 0 Å². The van der Waals surface area contributed by atoms with Gasteiger partial charge < -0.3 is 19.7 Å². The number of amides is 1. The molecule has 1 atom stereocenters. The molecule has 2 aromatic carbocycles. The van der Waals surface area contributed by atoms with Crippen molar-refractivity contribution in [3.05, 3.63) is 83.7 Å². The van der Waals surface area contributed by atoms with E-state index >= 15 is 0 Å². The topological polar surface area (TPSA) is 109 Å². The quantitative estimate of drug-likeness (QED) is 0.258. The van der Waals surface area contributed by atoms with Crippen molar-refractivity contribution >= 4 is 28.8 Å². The summed E-state index contributed by atoms with van der Waals surface area (Å²) in [5.74, 6) is 1.40. The van der Waals surface area contributed by atoms with Crippen LogP contribution >= 0.6 is 0 Å². The van der Waals surface area contributed by atoms with Crippen LogP contribution in [0.2, 0.25) is 0 Å². The maximum absolute atomic E-state index is 13.7. The lowest BCUT2D eigenvalue weighted by molar-refractivity contribution is -0.144. The Morgan fingerprint density at radius 3 is 2.56 bits per heavy atom. The van der Waals surface area contributed by atoms with E-state index in [9.17, 15) is 14.9 Å². The van der Waals surface area contributed by atoms with Crippen LogP contribution in [0.5, 0.6) is 11.5 Å². The number of benzene rings is 2. The van der Waals surface area contributed by atoms with Crippen LogP contribution in [0.4, 0.5) is 11.4 Å². The first-order valence-electron chi connectivity index (χ1n) is 13.9. The normalized spacial score (nSPS) is 15.1. The number of ether oxygens (including phenoxy) is 2. The number of hydrogen-bond donors (Lipinski definition) is 1. The van der Waals surface area contributed by atoms with Crippen molar-refractivity contribution in [2.24, 2.45) is 5.92 Å². The van der Waals surface area contributed by atoms with Gasteiger partial charge in [-0.25, -0.2) is 4.52 Å². The Balaban J connectivity index is 1.36. The van der Waals surface area contributed by atoms with Gasteiger partial charge >= 0.3 is 5.97 Å². The number of nitrogens with zero attached hydrogens (tertiary/aromatic N) is 4. The van der Waals surface area contributed by atoms with E-state index in [1.807, 2.05) is 73.3 Å². The zero-order valence-corrected chi connectivity index (χ0v) is 23.3. The average Bonchev–Trinajstić information content (AvgIpc) is 3.15. The van der Waals surface area contributed by atoms with Gasteiger partial charge in [-0.2, -0.15) is 10.4 Å². The van der Waals surface area contributed by atoms with Gasteiger partial charge in [-0.05, 0) is 81.0 Å². The van der Waals surface area contributed by atoms with E-state index in [1.54, 1.807) is 10.7 Å². The summed E-state index contributed by atoms with van der Waals surface area (Å²) in [5, 5.41) is 17.6. The summed E-state index contributed by atoms with van der Waals surface area (Å²) < 4.78 is 12.7. The lowest BCUT2D eigenvalue weighted by Gasteiger charge is -2.20. The molecule has 1 N–H and O–H groups in total. The molecule has 0 aliphatic carbocycles. The molecule has 210 valence electrons. The molecule has 1 fully saturated rings. The highest BCUT2D eigenvalue weighted by Crippen LogP contribution is 2.32. The number of likely N-dealkylation sites (tertiary alicyclic amines) is 1. The van der Waals surface area contributed by atoms with E-state index in [0.717, 1.165) is 36.3 Å². The van der Waals surface area contributed by atoms with Crippen molar-refractivity contribution < 1.29 is 19.1 Å². The minimum Gasteiger partial charge on any atom is -0.466 e. The molecular formula is C32H33N5O4. The second-order valence-corrected chi connectivity index (χ2v) is 10.2. The second-order valence-electron chi connectivity index (χ2n) is 10.2. The first-order chi connectivity index (χ1) is 20.0. The van der Waals surface area contributed by atoms with E-state index in [0.29, 0.717) is 54.2 Å². The average molecular weight is 552 g/mol. The molecule has 1 unspecified atom stereocenters. The molecule has 0 saturated carbocycles. The number of aryl methyl sites for hydroxylation is 1. The lowest BCUT2D eigenvalue weighted by atomic mass is 9.97. The number of carbonyl (C=O) groups excluding carboxylic acids is 2. The number of nitrogens with one attached hydrogen (secondary N) is 1. The summed E-state index contributed by atoms with van der Waals surface area (Å²) in [6.07, 6.45) is 6.09. The van der Waals surface area contributed by atoms with Crippen LogP contribution in [0.25, 0.3) is 5.52 Å². The molecule has 1 saturated heterocycles. The Morgan fingerprint density at radius 2 is 1.83 bits per heavy atom. The van der Waals surface area contributed by atoms with Crippen molar-refractivity contribution in [2.45, 2.75) is 39.5 Å². The highest BCUT2D eigenvalue weighted by atomic mass is 16.5. The zero-order valence-electron chi connectivity index (χ0n) is 23.3. The van der Waals surface area contributed by atoms with E-state index in [4.69, 9.17) is 9.47 Å². The molecule has 4 aromatic rings. The smallest absolute Gasteiger partial charge is 0.306 e. The van der Waals surface area contributed by atoms with Gasteiger partial charge in [0.1, 0.15) is 17.6 Å². The summed E-state index contributed by atoms with van der Waals surface area (Å²) in [7, 11) is 0. The fourth-order valence-corrected chi connectivity index (χ4v) is 5.29. The molecule has 1 aliphatic rings. The summed E-state index contributed by atoms with van der Waals surface area (Å²) in [5.41, 5.74) is 3.69. The molecule has 0 radical (unpaired) electrons. The fraction of sp³-hybridized carbons (Fsp3) is 0.312. The molecule has 2 aromatic heterocycles. The molecular weight excluding hydrogens is 518 g/mol. The molecule has 3 heterocycles. The number of anilines is 2. The van der Waals surface area contributed by atoms with Gasteiger partial charge in [0, 0.05) is 31.4 Å². The van der Waals surface area contributed by atoms with E-state index in [-0.39, 0.29) is 17.8 Å². The van der Waals surface area contributed by atoms with Crippen LogP contribution in [0.3, 0.4) is 0 Å². The maximum Gasteiger partial charge on any atom is 0.306 e. The predicted molar refractivity (Wildman–Crippen MR) is 155 cm³/mol. The van der Waals surface area contributed by atoms with Gasteiger partial charge in [0.05, 0.1) is 35.1 Å². The maximum atomic E-state index is 13.7. The van der Waals surface area contributed by atoms with Gasteiger partial charge in [0.2, 0.25) is 0 Å². The Morgan fingerprint density at radius 1 is 1.07 bits per heavy atom. The van der Waals surface area contributed by atoms with Crippen LogP contribution in [0, 0.1) is 24.2 Å². The first-order valence-corrected chi connectivity index (χ1v) is 13.9. The molecule has 1 amide bonds. The lowest BCUT2D eigenvalue weighted by Crippen LogP contribution is -2.32. The number of nitriles is 1. The fourth-order valence-electron chi connectivity index (χ4n) is 5.29. The number of hydrogen-bond acceptors (Lipinski definition) is 7. The van der Waals surface area contributed by atoms with E-state index in [2.05, 4.69) is 16.5 Å². The number of esters is 1. The van der Waals surface area contributed by atoms with Crippen LogP contribution in [0.15, 0.2) is 67.0 Å². The highest BCUT2D eigenvalue weighted by Gasteiger charge is 2.27. The van der Waals surface area contributed by atoms with Crippen molar-refractivity contribution in [1.82, 2.24) is 14.5 Å². The van der Waals surface area contributed by atoms with Crippen molar-refractivity contribution in [2.75, 3.05) is 25.0 Å². The van der Waals surface area contributed by atoms with E-state index < -0.39 is 0 Å². The van der Waals surface area contributed by atoms with Crippen LogP contribution < -0.4 is 10.1 Å². The van der Waals surface area contributed by atoms with Crippen LogP contribution in [0.1, 0.15) is 54.1 Å². The van der Waals surface area contributed by atoms with Gasteiger partial charge in [-0.3, -0.25) is 9.59 Å². The van der Waals surface area contributed by atoms with Gasteiger partial charge in [-0.15, -0.1) is 0 Å². The van der Waals surface area contributed by atoms with Crippen LogP contribution in [-0.4, -0.2) is 46.1 Å².